The van der Waals surface area contributed by atoms with Gasteiger partial charge in [0, 0.05) is 18.8 Å². The molecule has 1 aliphatic heterocycles. The molecule has 1 aromatic heterocycles. The Bertz CT molecular complexity index is 325. The molecule has 94 valence electrons. The number of hydrogen-bond acceptors (Lipinski definition) is 3. The summed E-state index contributed by atoms with van der Waals surface area (Å²) in [6.45, 7) is 4.17. The van der Waals surface area contributed by atoms with E-state index in [9.17, 15) is 0 Å². The zero-order valence-electron chi connectivity index (χ0n) is 10.7. The van der Waals surface area contributed by atoms with Gasteiger partial charge in [0.15, 0.2) is 0 Å². The molecule has 0 aromatic carbocycles. The first-order valence-electron chi connectivity index (χ1n) is 6.74. The number of rotatable bonds is 3. The quantitative estimate of drug-likeness (QED) is 0.872. The molecule has 1 saturated heterocycles. The van der Waals surface area contributed by atoms with Gasteiger partial charge in [0.2, 0.25) is 0 Å². The second kappa shape index (κ2) is 6.01. The number of hydrogen-bond donors (Lipinski definition) is 1. The van der Waals surface area contributed by atoms with Crippen LogP contribution in [0.1, 0.15) is 32.6 Å². The van der Waals surface area contributed by atoms with Crippen LogP contribution < -0.4 is 10.6 Å². The molecule has 0 spiro atoms. The van der Waals surface area contributed by atoms with Crippen molar-refractivity contribution >= 4 is 5.82 Å². The summed E-state index contributed by atoms with van der Waals surface area (Å²) >= 11 is 0. The van der Waals surface area contributed by atoms with Gasteiger partial charge in [-0.25, -0.2) is 4.98 Å². The lowest BCUT2D eigenvalue weighted by Gasteiger charge is -2.34. The van der Waals surface area contributed by atoms with Crippen molar-refractivity contribution in [2.75, 3.05) is 18.0 Å². The summed E-state index contributed by atoms with van der Waals surface area (Å²) in [4.78, 5) is 6.96. The van der Waals surface area contributed by atoms with Crippen LogP contribution >= 0.6 is 0 Å². The molecule has 2 rings (SSSR count). The lowest BCUT2D eigenvalue weighted by molar-refractivity contribution is 0.391. The van der Waals surface area contributed by atoms with Crippen molar-refractivity contribution in [3.05, 3.63) is 24.4 Å². The second-order valence-electron chi connectivity index (χ2n) is 4.85. The number of pyridine rings is 1. The zero-order chi connectivity index (χ0) is 12.1. The largest absolute Gasteiger partial charge is 0.353 e. The molecular weight excluding hydrogens is 210 g/mol. The maximum atomic E-state index is 5.93. The van der Waals surface area contributed by atoms with Crippen molar-refractivity contribution < 1.29 is 0 Å². The normalized spacial score (nSPS) is 25.6. The average molecular weight is 233 g/mol. The minimum absolute atomic E-state index is 0.553. The average Bonchev–Trinajstić information content (AvgIpc) is 2.61. The summed E-state index contributed by atoms with van der Waals surface area (Å²) in [5.41, 5.74) is 5.93. The maximum absolute atomic E-state index is 5.93. The highest BCUT2D eigenvalue weighted by molar-refractivity contribution is 5.39. The Labute approximate surface area is 104 Å². The van der Waals surface area contributed by atoms with Crippen LogP contribution in [0.15, 0.2) is 24.4 Å². The van der Waals surface area contributed by atoms with E-state index in [0.717, 1.165) is 25.3 Å². The minimum Gasteiger partial charge on any atom is -0.353 e. The third-order valence-corrected chi connectivity index (χ3v) is 3.83. The predicted octanol–water partition coefficient (Wildman–Crippen LogP) is 2.43. The molecule has 0 saturated carbocycles. The molecule has 1 aromatic rings. The number of aromatic nitrogens is 1. The van der Waals surface area contributed by atoms with E-state index in [4.69, 9.17) is 5.73 Å². The first-order chi connectivity index (χ1) is 8.36. The lowest BCUT2D eigenvalue weighted by Crippen LogP contribution is -2.42. The predicted molar refractivity (Wildman–Crippen MR) is 72.1 cm³/mol. The van der Waals surface area contributed by atoms with E-state index in [1.165, 1.54) is 19.3 Å². The Morgan fingerprint density at radius 2 is 2.29 bits per heavy atom. The van der Waals surface area contributed by atoms with Crippen LogP contribution in [0.25, 0.3) is 0 Å². The van der Waals surface area contributed by atoms with Crippen LogP contribution in [0.4, 0.5) is 5.82 Å². The fourth-order valence-corrected chi connectivity index (χ4v) is 2.94. The first kappa shape index (κ1) is 12.4. The number of nitrogens with zero attached hydrogens (tertiary/aromatic N) is 2. The van der Waals surface area contributed by atoms with Gasteiger partial charge in [0.05, 0.1) is 0 Å². The highest BCUT2D eigenvalue weighted by atomic mass is 15.2. The molecule has 17 heavy (non-hydrogen) atoms. The van der Waals surface area contributed by atoms with E-state index < -0.39 is 0 Å². The maximum Gasteiger partial charge on any atom is 0.128 e. The molecule has 0 unspecified atom stereocenters. The topological polar surface area (TPSA) is 42.1 Å². The zero-order valence-corrected chi connectivity index (χ0v) is 10.7. The number of nitrogens with two attached hydrogens (primary N) is 1. The summed E-state index contributed by atoms with van der Waals surface area (Å²) in [6, 6.07) is 6.71. The van der Waals surface area contributed by atoms with Gasteiger partial charge in [-0.15, -0.1) is 0 Å². The summed E-state index contributed by atoms with van der Waals surface area (Å²) in [7, 11) is 0. The molecule has 1 fully saturated rings. The molecule has 1 aliphatic rings. The highest BCUT2D eigenvalue weighted by Crippen LogP contribution is 2.27. The van der Waals surface area contributed by atoms with Gasteiger partial charge in [-0.05, 0) is 43.9 Å². The van der Waals surface area contributed by atoms with Gasteiger partial charge in [-0.3, -0.25) is 0 Å². The smallest absolute Gasteiger partial charge is 0.128 e. The fourth-order valence-electron chi connectivity index (χ4n) is 2.94. The van der Waals surface area contributed by atoms with E-state index in [2.05, 4.69) is 28.9 Å². The van der Waals surface area contributed by atoms with Crippen LogP contribution in [0.5, 0.6) is 0 Å². The van der Waals surface area contributed by atoms with Crippen LogP contribution in [0.2, 0.25) is 0 Å². The number of anilines is 1. The van der Waals surface area contributed by atoms with Crippen molar-refractivity contribution in [1.29, 1.82) is 0 Å². The van der Waals surface area contributed by atoms with Crippen LogP contribution in [0, 0.1) is 5.92 Å². The summed E-state index contributed by atoms with van der Waals surface area (Å²) in [6.07, 6.45) is 6.84. The molecule has 2 heterocycles. The monoisotopic (exact) mass is 233 g/mol. The summed E-state index contributed by atoms with van der Waals surface area (Å²) in [5, 5.41) is 0. The third kappa shape index (κ3) is 2.78. The standard InChI is InChI=1S/C14H23N3/c1-2-13-12(11-15)7-4-6-10-17(13)14-8-3-5-9-16-14/h3,5,8-9,12-13H,2,4,6-7,10-11,15H2,1H3/t12-,13-/m1/s1. The van der Waals surface area contributed by atoms with Gasteiger partial charge in [0.1, 0.15) is 5.82 Å². The molecule has 2 N–H and O–H groups in total. The van der Waals surface area contributed by atoms with Gasteiger partial charge >= 0.3 is 0 Å². The Balaban J connectivity index is 2.23. The van der Waals surface area contributed by atoms with Crippen LogP contribution in [0.3, 0.4) is 0 Å². The van der Waals surface area contributed by atoms with Crippen molar-refractivity contribution in [3.63, 3.8) is 0 Å². The lowest BCUT2D eigenvalue weighted by atomic mass is 9.93. The molecule has 0 amide bonds. The van der Waals surface area contributed by atoms with Crippen molar-refractivity contribution in [1.82, 2.24) is 4.98 Å². The Morgan fingerprint density at radius 1 is 1.41 bits per heavy atom. The molecular formula is C14H23N3. The van der Waals surface area contributed by atoms with E-state index >= 15 is 0 Å². The molecule has 0 radical (unpaired) electrons. The van der Waals surface area contributed by atoms with E-state index in [1.54, 1.807) is 0 Å². The second-order valence-corrected chi connectivity index (χ2v) is 4.85. The van der Waals surface area contributed by atoms with Crippen LogP contribution in [-0.2, 0) is 0 Å². The minimum atomic E-state index is 0.553. The Morgan fingerprint density at radius 3 is 2.94 bits per heavy atom. The molecule has 3 nitrogen and oxygen atoms in total. The Kier molecular flexibility index (Phi) is 4.37. The fraction of sp³-hybridized carbons (Fsp3) is 0.643. The van der Waals surface area contributed by atoms with E-state index in [0.29, 0.717) is 12.0 Å². The third-order valence-electron chi connectivity index (χ3n) is 3.83. The highest BCUT2D eigenvalue weighted by Gasteiger charge is 2.28. The SMILES string of the molecule is CC[C@@H]1[C@@H](CN)CCCCN1c1ccccn1. The van der Waals surface area contributed by atoms with Crippen molar-refractivity contribution in [2.45, 2.75) is 38.6 Å². The molecule has 2 atom stereocenters. The summed E-state index contributed by atoms with van der Waals surface area (Å²) < 4.78 is 0. The molecule has 3 heteroatoms. The Hall–Kier alpha value is -1.09. The van der Waals surface area contributed by atoms with E-state index in [1.807, 2.05) is 12.3 Å². The van der Waals surface area contributed by atoms with Crippen molar-refractivity contribution in [2.24, 2.45) is 11.7 Å². The molecule has 0 bridgehead atoms. The van der Waals surface area contributed by atoms with Crippen LogP contribution in [-0.4, -0.2) is 24.1 Å². The van der Waals surface area contributed by atoms with Gasteiger partial charge < -0.3 is 10.6 Å². The first-order valence-corrected chi connectivity index (χ1v) is 6.74. The van der Waals surface area contributed by atoms with Gasteiger partial charge in [0.25, 0.3) is 0 Å². The summed E-state index contributed by atoms with van der Waals surface area (Å²) in [5.74, 6) is 1.73. The molecule has 0 aliphatic carbocycles. The van der Waals surface area contributed by atoms with E-state index in [-0.39, 0.29) is 0 Å². The van der Waals surface area contributed by atoms with Gasteiger partial charge in [-0.1, -0.05) is 19.4 Å². The van der Waals surface area contributed by atoms with Crippen molar-refractivity contribution in [3.8, 4) is 0 Å². The van der Waals surface area contributed by atoms with Gasteiger partial charge in [-0.2, -0.15) is 0 Å².